The van der Waals surface area contributed by atoms with Gasteiger partial charge in [0.05, 0.1) is 33.3 Å². The maximum Gasteiger partial charge on any atom is 0.415 e. The molecule has 0 bridgehead atoms. The zero-order valence-corrected chi connectivity index (χ0v) is 18.7. The molecule has 1 aliphatic heterocycles. The summed E-state index contributed by atoms with van der Waals surface area (Å²) in [5.41, 5.74) is -0.367. The Kier molecular flexibility index (Phi) is 4.53. The maximum absolute atomic E-state index is 15.3. The van der Waals surface area contributed by atoms with Crippen molar-refractivity contribution < 1.29 is 18.7 Å². The van der Waals surface area contributed by atoms with E-state index in [1.54, 1.807) is 34.0 Å². The molecular formula is C20H20FIN4O3. The number of aromatic nitrogens is 2. The number of hydrogen-bond acceptors (Lipinski definition) is 5. The van der Waals surface area contributed by atoms with Gasteiger partial charge in [0.2, 0.25) is 0 Å². The van der Waals surface area contributed by atoms with Gasteiger partial charge in [-0.25, -0.2) is 9.18 Å². The number of nitriles is 1. The lowest BCUT2D eigenvalue weighted by Crippen LogP contribution is -2.47. The highest BCUT2D eigenvalue weighted by molar-refractivity contribution is 14.1. The van der Waals surface area contributed by atoms with Crippen LogP contribution in [-0.2, 0) is 11.8 Å². The predicted octanol–water partition coefficient (Wildman–Crippen LogP) is 4.37. The van der Waals surface area contributed by atoms with E-state index in [0.29, 0.717) is 9.26 Å². The number of hydrogen-bond donors (Lipinski definition) is 0. The number of halogens is 2. The molecule has 152 valence electrons. The van der Waals surface area contributed by atoms with E-state index < -0.39 is 23.1 Å². The number of amides is 1. The summed E-state index contributed by atoms with van der Waals surface area (Å²) in [6.45, 7) is 5.58. The van der Waals surface area contributed by atoms with Crippen molar-refractivity contribution >= 4 is 34.4 Å². The van der Waals surface area contributed by atoms with Crippen LogP contribution >= 0.6 is 22.6 Å². The number of benzene rings is 1. The Morgan fingerprint density at radius 1 is 1.45 bits per heavy atom. The van der Waals surface area contributed by atoms with E-state index in [2.05, 4.69) is 33.8 Å². The van der Waals surface area contributed by atoms with Crippen LogP contribution in [0.1, 0.15) is 39.2 Å². The standard InChI is InChI=1S/C20H20FIN4O3/c1-19(2,3)29-18(27)26-10-20(5-6-20)28-17-11(8-23)15(12(21)7-14(17)26)16-13(22)9-24-25(16)4/h7,9H,5-6,10H2,1-4H3. The summed E-state index contributed by atoms with van der Waals surface area (Å²) in [5.74, 6) is -0.402. The lowest BCUT2D eigenvalue weighted by Gasteiger charge is -2.37. The Morgan fingerprint density at radius 3 is 2.66 bits per heavy atom. The van der Waals surface area contributed by atoms with Crippen LogP contribution in [0.4, 0.5) is 14.9 Å². The van der Waals surface area contributed by atoms with Gasteiger partial charge < -0.3 is 9.47 Å². The van der Waals surface area contributed by atoms with Crippen molar-refractivity contribution in [3.63, 3.8) is 0 Å². The van der Waals surface area contributed by atoms with E-state index in [1.165, 1.54) is 15.6 Å². The van der Waals surface area contributed by atoms with Crippen molar-refractivity contribution in [2.75, 3.05) is 11.4 Å². The largest absolute Gasteiger partial charge is 0.482 e. The molecular weight excluding hydrogens is 490 g/mol. The van der Waals surface area contributed by atoms with Crippen LogP contribution in [-0.4, -0.2) is 33.6 Å². The van der Waals surface area contributed by atoms with Gasteiger partial charge in [-0.3, -0.25) is 9.58 Å². The minimum atomic E-state index is -0.701. The van der Waals surface area contributed by atoms with Gasteiger partial charge in [0.25, 0.3) is 0 Å². The molecule has 2 heterocycles. The second-order valence-electron chi connectivity index (χ2n) is 8.38. The highest BCUT2D eigenvalue weighted by atomic mass is 127. The topological polar surface area (TPSA) is 80.4 Å². The Balaban J connectivity index is 1.91. The molecule has 0 unspecified atom stereocenters. The molecule has 4 rings (SSSR count). The van der Waals surface area contributed by atoms with E-state index in [1.807, 2.05) is 0 Å². The summed E-state index contributed by atoms with van der Waals surface area (Å²) in [6, 6.07) is 3.34. The van der Waals surface area contributed by atoms with Crippen molar-refractivity contribution in [1.29, 1.82) is 5.26 Å². The van der Waals surface area contributed by atoms with Gasteiger partial charge in [0, 0.05) is 13.1 Å². The van der Waals surface area contributed by atoms with Crippen molar-refractivity contribution in [1.82, 2.24) is 9.78 Å². The van der Waals surface area contributed by atoms with Crippen LogP contribution < -0.4 is 9.64 Å². The van der Waals surface area contributed by atoms with Crippen molar-refractivity contribution in [3.05, 3.63) is 27.2 Å². The molecule has 1 saturated carbocycles. The molecule has 29 heavy (non-hydrogen) atoms. The van der Waals surface area contributed by atoms with Crippen molar-refractivity contribution in [3.8, 4) is 23.1 Å². The number of carbonyl (C=O) groups is 1. The second kappa shape index (κ2) is 6.58. The molecule has 0 radical (unpaired) electrons. The van der Waals surface area contributed by atoms with Crippen molar-refractivity contribution in [2.24, 2.45) is 7.05 Å². The molecule has 0 N–H and O–H groups in total. The lowest BCUT2D eigenvalue weighted by atomic mass is 10.00. The summed E-state index contributed by atoms with van der Waals surface area (Å²) in [4.78, 5) is 14.2. The summed E-state index contributed by atoms with van der Waals surface area (Å²) in [5, 5.41) is 14.1. The third kappa shape index (κ3) is 3.43. The van der Waals surface area contributed by atoms with Gasteiger partial charge >= 0.3 is 6.09 Å². The third-order valence-electron chi connectivity index (χ3n) is 4.93. The van der Waals surface area contributed by atoms with Crippen LogP contribution in [0.5, 0.6) is 5.75 Å². The van der Waals surface area contributed by atoms with Crippen molar-refractivity contribution in [2.45, 2.75) is 44.8 Å². The van der Waals surface area contributed by atoms with E-state index in [4.69, 9.17) is 9.47 Å². The van der Waals surface area contributed by atoms with Crippen LogP contribution in [0.15, 0.2) is 12.3 Å². The first-order chi connectivity index (χ1) is 13.6. The third-order valence-corrected chi connectivity index (χ3v) is 5.72. The monoisotopic (exact) mass is 510 g/mol. The Morgan fingerprint density at radius 2 is 2.14 bits per heavy atom. The summed E-state index contributed by atoms with van der Waals surface area (Å²) in [7, 11) is 1.69. The minimum Gasteiger partial charge on any atom is -0.482 e. The van der Waals surface area contributed by atoms with Gasteiger partial charge in [-0.2, -0.15) is 10.4 Å². The Hall–Kier alpha value is -2.35. The van der Waals surface area contributed by atoms with Gasteiger partial charge in [0.15, 0.2) is 5.75 Å². The molecule has 1 aromatic heterocycles. The number of ether oxygens (including phenoxy) is 2. The summed E-state index contributed by atoms with van der Waals surface area (Å²) in [6.07, 6.45) is 2.53. The molecule has 2 aromatic rings. The quantitative estimate of drug-likeness (QED) is 0.533. The Labute approximate surface area is 181 Å². The number of carbonyl (C=O) groups excluding carboxylic acids is 1. The smallest absolute Gasteiger partial charge is 0.415 e. The Bertz CT molecular complexity index is 1040. The highest BCUT2D eigenvalue weighted by Gasteiger charge is 2.53. The predicted molar refractivity (Wildman–Crippen MR) is 112 cm³/mol. The average molecular weight is 510 g/mol. The van der Waals surface area contributed by atoms with E-state index in [-0.39, 0.29) is 29.1 Å². The first kappa shape index (κ1) is 19.9. The molecule has 7 nitrogen and oxygen atoms in total. The molecule has 1 aliphatic carbocycles. The number of nitrogens with zero attached hydrogens (tertiary/aromatic N) is 4. The molecule has 0 saturated heterocycles. The SMILES string of the molecule is Cn1ncc(I)c1-c1c(F)cc2c(c1C#N)OC1(CC1)CN2C(=O)OC(C)(C)C. The summed E-state index contributed by atoms with van der Waals surface area (Å²) < 4.78 is 29.2. The van der Waals surface area contributed by atoms with E-state index in [9.17, 15) is 10.1 Å². The zero-order valence-electron chi connectivity index (χ0n) is 16.5. The molecule has 2 aliphatic rings. The fourth-order valence-corrected chi connectivity index (χ4v) is 4.20. The van der Waals surface area contributed by atoms with Crippen LogP contribution in [0.3, 0.4) is 0 Å². The molecule has 9 heteroatoms. The number of rotatable bonds is 1. The minimum absolute atomic E-state index is 0.0565. The number of fused-ring (bicyclic) bond motifs is 1. The van der Waals surface area contributed by atoms with Gasteiger partial charge in [-0.1, -0.05) is 0 Å². The van der Waals surface area contributed by atoms with Crippen LogP contribution in [0.25, 0.3) is 11.3 Å². The van der Waals surface area contributed by atoms with Gasteiger partial charge in [-0.15, -0.1) is 0 Å². The van der Waals surface area contributed by atoms with E-state index >= 15 is 4.39 Å². The molecule has 1 fully saturated rings. The van der Waals surface area contributed by atoms with Gasteiger partial charge in [0.1, 0.15) is 28.7 Å². The molecule has 1 aromatic carbocycles. The summed E-state index contributed by atoms with van der Waals surface area (Å²) >= 11 is 2.05. The molecule has 1 amide bonds. The van der Waals surface area contributed by atoms with Gasteiger partial charge in [-0.05, 0) is 56.2 Å². The first-order valence-electron chi connectivity index (χ1n) is 9.19. The average Bonchev–Trinajstić information content (AvgIpc) is 3.29. The zero-order chi connectivity index (χ0) is 21.1. The lowest BCUT2D eigenvalue weighted by molar-refractivity contribution is 0.0537. The fourth-order valence-electron chi connectivity index (χ4n) is 3.45. The normalized spacial score (nSPS) is 16.8. The molecule has 1 spiro atoms. The maximum atomic E-state index is 15.3. The second-order valence-corrected chi connectivity index (χ2v) is 9.55. The highest BCUT2D eigenvalue weighted by Crippen LogP contribution is 2.52. The first-order valence-corrected chi connectivity index (χ1v) is 10.3. The molecule has 0 atom stereocenters. The fraction of sp³-hybridized carbons (Fsp3) is 0.450. The van der Waals surface area contributed by atoms with E-state index in [0.717, 1.165) is 12.8 Å². The number of aryl methyl sites for hydroxylation is 1. The number of anilines is 1. The van der Waals surface area contributed by atoms with Crippen LogP contribution in [0.2, 0.25) is 0 Å². The van der Waals surface area contributed by atoms with Crippen LogP contribution in [0, 0.1) is 20.7 Å².